The van der Waals surface area contributed by atoms with E-state index in [1.807, 2.05) is 32.0 Å². The highest BCUT2D eigenvalue weighted by Crippen LogP contribution is 2.21. The lowest BCUT2D eigenvalue weighted by Gasteiger charge is -2.11. The van der Waals surface area contributed by atoms with Crippen LogP contribution in [0.5, 0.6) is 5.75 Å². The van der Waals surface area contributed by atoms with Gasteiger partial charge >= 0.3 is 0 Å². The molecule has 0 amide bonds. The van der Waals surface area contributed by atoms with Crippen LogP contribution >= 0.6 is 0 Å². The van der Waals surface area contributed by atoms with Gasteiger partial charge in [0.25, 0.3) is 0 Å². The van der Waals surface area contributed by atoms with E-state index in [1.165, 1.54) is 0 Å². The molecule has 98 valence electrons. The third-order valence-corrected chi connectivity index (χ3v) is 2.86. The number of aryl methyl sites for hydroxylation is 2. The normalized spacial score (nSPS) is 10.2. The highest BCUT2D eigenvalue weighted by Gasteiger charge is 2.08. The topological polar surface area (TPSA) is 35.0 Å². The smallest absolute Gasteiger partial charge is 0.123 e. The minimum atomic E-state index is 0.509. The Labute approximate surface area is 114 Å². The maximum atomic E-state index is 5.66. The minimum Gasteiger partial charge on any atom is -0.489 e. The Kier molecular flexibility index (Phi) is 4.29. The summed E-state index contributed by atoms with van der Waals surface area (Å²) in [5, 5.41) is 0. The van der Waals surface area contributed by atoms with E-state index in [0.29, 0.717) is 6.61 Å². The van der Waals surface area contributed by atoms with E-state index in [0.717, 1.165) is 34.8 Å². The molecule has 0 atom stereocenters. The summed E-state index contributed by atoms with van der Waals surface area (Å²) >= 11 is 0. The first kappa shape index (κ1) is 13.3. The lowest BCUT2D eigenvalue weighted by molar-refractivity contribution is 0.359. The van der Waals surface area contributed by atoms with E-state index in [9.17, 15) is 0 Å². The molecular formula is C16H18N2O. The van der Waals surface area contributed by atoms with Crippen molar-refractivity contribution in [3.63, 3.8) is 0 Å². The summed E-state index contributed by atoms with van der Waals surface area (Å²) in [6.45, 7) is 8.11. The minimum absolute atomic E-state index is 0.509. The van der Waals surface area contributed by atoms with Gasteiger partial charge in [0.05, 0.1) is 17.1 Å². The van der Waals surface area contributed by atoms with Crippen molar-refractivity contribution >= 4 is 0 Å². The van der Waals surface area contributed by atoms with Crippen LogP contribution < -0.4 is 4.74 Å². The fraction of sp³-hybridized carbons (Fsp3) is 0.250. The van der Waals surface area contributed by atoms with Gasteiger partial charge in [-0.1, -0.05) is 30.9 Å². The van der Waals surface area contributed by atoms with E-state index in [1.54, 1.807) is 12.3 Å². The SMILES string of the molecule is C=CCOc1ccccc1Cc1nc(C)cnc1C. The molecule has 0 aliphatic rings. The Morgan fingerprint density at radius 3 is 2.84 bits per heavy atom. The van der Waals surface area contributed by atoms with Crippen molar-refractivity contribution in [2.24, 2.45) is 0 Å². The number of para-hydroxylation sites is 1. The molecule has 0 bridgehead atoms. The van der Waals surface area contributed by atoms with Crippen LogP contribution in [0.4, 0.5) is 0 Å². The molecule has 3 nitrogen and oxygen atoms in total. The molecule has 0 radical (unpaired) electrons. The van der Waals surface area contributed by atoms with E-state index in [-0.39, 0.29) is 0 Å². The summed E-state index contributed by atoms with van der Waals surface area (Å²) in [5.74, 6) is 0.880. The summed E-state index contributed by atoms with van der Waals surface area (Å²) < 4.78 is 5.66. The molecule has 0 saturated heterocycles. The van der Waals surface area contributed by atoms with Gasteiger partial charge in [-0.15, -0.1) is 0 Å². The second kappa shape index (κ2) is 6.14. The van der Waals surface area contributed by atoms with Crippen LogP contribution in [0.15, 0.2) is 43.1 Å². The zero-order valence-electron chi connectivity index (χ0n) is 11.4. The molecule has 1 heterocycles. The Morgan fingerprint density at radius 2 is 2.05 bits per heavy atom. The Hall–Kier alpha value is -2.16. The number of ether oxygens (including phenoxy) is 1. The standard InChI is InChI=1S/C16H18N2O/c1-4-9-19-16-8-6-5-7-14(16)10-15-13(3)17-11-12(2)18-15/h4-8,11H,1,9-10H2,2-3H3. The second-order valence-corrected chi connectivity index (χ2v) is 4.43. The Morgan fingerprint density at radius 1 is 1.26 bits per heavy atom. The van der Waals surface area contributed by atoms with E-state index in [4.69, 9.17) is 4.74 Å². The molecular weight excluding hydrogens is 236 g/mol. The Bertz CT molecular complexity index is 579. The van der Waals surface area contributed by atoms with E-state index >= 15 is 0 Å². The number of hydrogen-bond donors (Lipinski definition) is 0. The molecule has 0 fully saturated rings. The quantitative estimate of drug-likeness (QED) is 0.768. The van der Waals surface area contributed by atoms with Gasteiger partial charge in [0, 0.05) is 18.2 Å². The molecule has 0 aliphatic carbocycles. The predicted molar refractivity (Wildman–Crippen MR) is 76.4 cm³/mol. The molecule has 1 aromatic carbocycles. The summed E-state index contributed by atoms with van der Waals surface area (Å²) in [6.07, 6.45) is 4.27. The summed E-state index contributed by atoms with van der Waals surface area (Å²) in [7, 11) is 0. The second-order valence-electron chi connectivity index (χ2n) is 4.43. The summed E-state index contributed by atoms with van der Waals surface area (Å²) in [4.78, 5) is 8.90. The van der Waals surface area contributed by atoms with Crippen molar-refractivity contribution in [1.82, 2.24) is 9.97 Å². The maximum Gasteiger partial charge on any atom is 0.123 e. The number of rotatable bonds is 5. The largest absolute Gasteiger partial charge is 0.489 e. The van der Waals surface area contributed by atoms with Crippen molar-refractivity contribution in [3.8, 4) is 5.75 Å². The van der Waals surface area contributed by atoms with Gasteiger partial charge < -0.3 is 4.74 Å². The van der Waals surface area contributed by atoms with Crippen LogP contribution in [-0.2, 0) is 6.42 Å². The number of hydrogen-bond acceptors (Lipinski definition) is 3. The zero-order chi connectivity index (χ0) is 13.7. The molecule has 2 aromatic rings. The molecule has 3 heteroatoms. The first-order valence-corrected chi connectivity index (χ1v) is 6.31. The van der Waals surface area contributed by atoms with E-state index < -0.39 is 0 Å². The number of benzene rings is 1. The number of nitrogens with zero attached hydrogens (tertiary/aromatic N) is 2. The van der Waals surface area contributed by atoms with Crippen LogP contribution in [0.3, 0.4) is 0 Å². The van der Waals surface area contributed by atoms with Gasteiger partial charge in [0.1, 0.15) is 12.4 Å². The van der Waals surface area contributed by atoms with Gasteiger partial charge in [0.15, 0.2) is 0 Å². The maximum absolute atomic E-state index is 5.66. The van der Waals surface area contributed by atoms with Gasteiger partial charge in [-0.05, 0) is 19.9 Å². The van der Waals surface area contributed by atoms with Crippen LogP contribution in [0, 0.1) is 13.8 Å². The predicted octanol–water partition coefficient (Wildman–Crippen LogP) is 3.25. The van der Waals surface area contributed by atoms with Gasteiger partial charge in [-0.25, -0.2) is 0 Å². The molecule has 2 rings (SSSR count). The highest BCUT2D eigenvalue weighted by atomic mass is 16.5. The van der Waals surface area contributed by atoms with Crippen molar-refractivity contribution < 1.29 is 4.74 Å². The van der Waals surface area contributed by atoms with Gasteiger partial charge in [-0.3, -0.25) is 9.97 Å². The molecule has 0 N–H and O–H groups in total. The molecule has 0 saturated carbocycles. The molecule has 1 aromatic heterocycles. The molecule has 0 unspecified atom stereocenters. The third-order valence-electron chi connectivity index (χ3n) is 2.86. The lowest BCUT2D eigenvalue weighted by atomic mass is 10.1. The third kappa shape index (κ3) is 3.41. The monoisotopic (exact) mass is 254 g/mol. The van der Waals surface area contributed by atoms with Crippen LogP contribution in [0.1, 0.15) is 22.6 Å². The Balaban J connectivity index is 2.27. The van der Waals surface area contributed by atoms with Crippen molar-refractivity contribution in [2.45, 2.75) is 20.3 Å². The van der Waals surface area contributed by atoms with Crippen LogP contribution in [-0.4, -0.2) is 16.6 Å². The first-order valence-electron chi connectivity index (χ1n) is 6.31. The van der Waals surface area contributed by atoms with Gasteiger partial charge in [-0.2, -0.15) is 0 Å². The van der Waals surface area contributed by atoms with E-state index in [2.05, 4.69) is 22.6 Å². The zero-order valence-corrected chi connectivity index (χ0v) is 11.4. The molecule has 19 heavy (non-hydrogen) atoms. The van der Waals surface area contributed by atoms with Crippen molar-refractivity contribution in [2.75, 3.05) is 6.61 Å². The fourth-order valence-electron chi connectivity index (χ4n) is 1.87. The average molecular weight is 254 g/mol. The summed E-state index contributed by atoms with van der Waals surface area (Å²) in [6, 6.07) is 8.00. The van der Waals surface area contributed by atoms with Gasteiger partial charge in [0.2, 0.25) is 0 Å². The molecule has 0 aliphatic heterocycles. The first-order chi connectivity index (χ1) is 9.20. The molecule has 0 spiro atoms. The summed E-state index contributed by atoms with van der Waals surface area (Å²) in [5.41, 5.74) is 4.01. The van der Waals surface area contributed by atoms with Crippen LogP contribution in [0.2, 0.25) is 0 Å². The van der Waals surface area contributed by atoms with Crippen LogP contribution in [0.25, 0.3) is 0 Å². The fourth-order valence-corrected chi connectivity index (χ4v) is 1.87. The lowest BCUT2D eigenvalue weighted by Crippen LogP contribution is -2.03. The van der Waals surface area contributed by atoms with Crippen molar-refractivity contribution in [3.05, 3.63) is 65.8 Å². The average Bonchev–Trinajstić information content (AvgIpc) is 2.42. The van der Waals surface area contributed by atoms with Crippen molar-refractivity contribution in [1.29, 1.82) is 0 Å². The number of aromatic nitrogens is 2. The highest BCUT2D eigenvalue weighted by molar-refractivity contribution is 5.37.